The lowest BCUT2D eigenvalue weighted by Gasteiger charge is -2.25. The topological polar surface area (TPSA) is 120 Å². The van der Waals surface area contributed by atoms with Crippen LogP contribution in [0.2, 0.25) is 0 Å². The molecule has 0 aromatic heterocycles. The van der Waals surface area contributed by atoms with E-state index in [0.717, 1.165) is 18.4 Å². The Labute approximate surface area is 184 Å². The number of carboxylic acid groups (broad SMARTS) is 1. The SMILES string of the molecule is COCCOCCOc1ccc(C[C@H](NC(=O)[C@@H](N)CC2CCCCC2)C(=O)O)cc1. The van der Waals surface area contributed by atoms with Crippen LogP contribution in [0, 0.1) is 5.92 Å². The molecule has 1 aromatic rings. The predicted octanol–water partition coefficient (Wildman–Crippen LogP) is 2.14. The maximum absolute atomic E-state index is 12.4. The number of carbonyl (C=O) groups excluding carboxylic acids is 1. The number of hydrogen-bond donors (Lipinski definition) is 3. The largest absolute Gasteiger partial charge is 0.491 e. The fourth-order valence-corrected chi connectivity index (χ4v) is 3.79. The van der Waals surface area contributed by atoms with Gasteiger partial charge in [0.2, 0.25) is 5.91 Å². The molecule has 1 saturated carbocycles. The number of carboxylic acids is 1. The average molecular weight is 437 g/mol. The molecule has 174 valence electrons. The number of carbonyl (C=O) groups is 2. The number of nitrogens with two attached hydrogens (primary N) is 1. The Bertz CT molecular complexity index is 661. The molecule has 0 radical (unpaired) electrons. The van der Waals surface area contributed by atoms with Crippen molar-refractivity contribution in [1.82, 2.24) is 5.32 Å². The highest BCUT2D eigenvalue weighted by atomic mass is 16.5. The second kappa shape index (κ2) is 14.0. The third-order valence-corrected chi connectivity index (χ3v) is 5.55. The van der Waals surface area contributed by atoms with Crippen molar-refractivity contribution >= 4 is 11.9 Å². The molecule has 0 heterocycles. The van der Waals surface area contributed by atoms with Gasteiger partial charge in [-0.15, -0.1) is 0 Å². The van der Waals surface area contributed by atoms with E-state index in [1.807, 2.05) is 0 Å². The molecular weight excluding hydrogens is 400 g/mol. The molecule has 1 aliphatic carbocycles. The van der Waals surface area contributed by atoms with Crippen molar-refractivity contribution in [1.29, 1.82) is 0 Å². The van der Waals surface area contributed by atoms with E-state index in [4.69, 9.17) is 19.9 Å². The molecule has 0 saturated heterocycles. The number of amides is 1. The maximum atomic E-state index is 12.4. The molecule has 1 aliphatic rings. The van der Waals surface area contributed by atoms with Gasteiger partial charge in [-0.2, -0.15) is 0 Å². The van der Waals surface area contributed by atoms with Gasteiger partial charge < -0.3 is 30.4 Å². The van der Waals surface area contributed by atoms with Crippen molar-refractivity contribution < 1.29 is 28.9 Å². The maximum Gasteiger partial charge on any atom is 0.326 e. The van der Waals surface area contributed by atoms with Crippen molar-refractivity contribution in [2.24, 2.45) is 11.7 Å². The first kappa shape index (κ1) is 25.1. The molecule has 1 fully saturated rings. The van der Waals surface area contributed by atoms with E-state index in [1.54, 1.807) is 31.4 Å². The van der Waals surface area contributed by atoms with Crippen LogP contribution in [0.5, 0.6) is 5.75 Å². The van der Waals surface area contributed by atoms with Crippen LogP contribution in [0.3, 0.4) is 0 Å². The van der Waals surface area contributed by atoms with Gasteiger partial charge >= 0.3 is 5.97 Å². The summed E-state index contributed by atoms with van der Waals surface area (Å²) >= 11 is 0. The number of nitrogens with one attached hydrogen (secondary N) is 1. The molecule has 2 atom stereocenters. The van der Waals surface area contributed by atoms with Crippen LogP contribution in [-0.4, -0.2) is 62.6 Å². The van der Waals surface area contributed by atoms with Crippen molar-refractivity contribution in [2.45, 2.75) is 57.0 Å². The molecule has 1 amide bonds. The van der Waals surface area contributed by atoms with Crippen LogP contribution in [-0.2, 0) is 25.5 Å². The number of rotatable bonds is 14. The zero-order chi connectivity index (χ0) is 22.5. The summed E-state index contributed by atoms with van der Waals surface area (Å²) in [7, 11) is 1.62. The van der Waals surface area contributed by atoms with E-state index in [2.05, 4.69) is 5.32 Å². The summed E-state index contributed by atoms with van der Waals surface area (Å²) in [4.78, 5) is 24.1. The lowest BCUT2D eigenvalue weighted by Crippen LogP contribution is -2.49. The van der Waals surface area contributed by atoms with Gasteiger partial charge in [-0.25, -0.2) is 4.79 Å². The lowest BCUT2D eigenvalue weighted by atomic mass is 9.85. The summed E-state index contributed by atoms with van der Waals surface area (Å²) in [6.45, 7) is 1.93. The fraction of sp³-hybridized carbons (Fsp3) is 0.652. The van der Waals surface area contributed by atoms with E-state index in [0.29, 0.717) is 44.5 Å². The van der Waals surface area contributed by atoms with Gasteiger partial charge in [0.25, 0.3) is 0 Å². The molecule has 2 rings (SSSR count). The summed E-state index contributed by atoms with van der Waals surface area (Å²) in [5.41, 5.74) is 6.84. The standard InChI is InChI=1S/C23H36N2O6/c1-29-11-12-30-13-14-31-19-9-7-18(8-10-19)16-21(23(27)28)25-22(26)20(24)15-17-5-3-2-4-6-17/h7-10,17,20-21H,2-6,11-16,24H2,1H3,(H,25,26)(H,27,28)/t20-,21-/m0/s1. The highest BCUT2D eigenvalue weighted by molar-refractivity contribution is 5.86. The second-order valence-corrected chi connectivity index (χ2v) is 8.05. The molecule has 0 aliphatic heterocycles. The summed E-state index contributed by atoms with van der Waals surface area (Å²) in [6, 6.07) is 5.45. The minimum atomic E-state index is -1.08. The van der Waals surface area contributed by atoms with Crippen molar-refractivity contribution in [3.8, 4) is 5.75 Å². The molecule has 8 nitrogen and oxygen atoms in total. The van der Waals surface area contributed by atoms with Crippen LogP contribution in [0.4, 0.5) is 0 Å². The third-order valence-electron chi connectivity index (χ3n) is 5.55. The zero-order valence-electron chi connectivity index (χ0n) is 18.4. The zero-order valence-corrected chi connectivity index (χ0v) is 18.4. The monoisotopic (exact) mass is 436 g/mol. The van der Waals surface area contributed by atoms with Crippen LogP contribution in [0.25, 0.3) is 0 Å². The minimum Gasteiger partial charge on any atom is -0.491 e. The first-order valence-electron chi connectivity index (χ1n) is 11.1. The first-order valence-corrected chi connectivity index (χ1v) is 11.1. The van der Waals surface area contributed by atoms with Gasteiger partial charge in [-0.05, 0) is 30.0 Å². The summed E-state index contributed by atoms with van der Waals surface area (Å²) in [5.74, 6) is -0.349. The van der Waals surface area contributed by atoms with Gasteiger partial charge in [-0.3, -0.25) is 4.79 Å². The first-order chi connectivity index (χ1) is 15.0. The minimum absolute atomic E-state index is 0.178. The Morgan fingerprint density at radius 2 is 1.77 bits per heavy atom. The Kier molecular flexibility index (Phi) is 11.3. The van der Waals surface area contributed by atoms with E-state index < -0.39 is 24.0 Å². The average Bonchev–Trinajstić information content (AvgIpc) is 2.77. The summed E-state index contributed by atoms with van der Waals surface area (Å²) in [5, 5.41) is 12.1. The highest BCUT2D eigenvalue weighted by Crippen LogP contribution is 2.27. The number of aliphatic carboxylic acids is 1. The van der Waals surface area contributed by atoms with Gasteiger partial charge in [-0.1, -0.05) is 44.2 Å². The Balaban J connectivity index is 1.78. The lowest BCUT2D eigenvalue weighted by molar-refractivity contribution is -0.142. The Morgan fingerprint density at radius 3 is 2.42 bits per heavy atom. The molecule has 0 bridgehead atoms. The molecule has 8 heteroatoms. The van der Waals surface area contributed by atoms with Crippen LogP contribution >= 0.6 is 0 Å². The normalized spacial score (nSPS) is 16.5. The summed E-state index contributed by atoms with van der Waals surface area (Å²) < 4.78 is 15.8. The number of methoxy groups -OCH3 is 1. The Hall–Kier alpha value is -2.16. The predicted molar refractivity (Wildman–Crippen MR) is 117 cm³/mol. The molecule has 0 unspecified atom stereocenters. The molecular formula is C23H36N2O6. The van der Waals surface area contributed by atoms with Gasteiger partial charge in [0.15, 0.2) is 0 Å². The second-order valence-electron chi connectivity index (χ2n) is 8.05. The highest BCUT2D eigenvalue weighted by Gasteiger charge is 2.26. The van der Waals surface area contributed by atoms with Crippen LogP contribution < -0.4 is 15.8 Å². The van der Waals surface area contributed by atoms with E-state index in [9.17, 15) is 14.7 Å². The van der Waals surface area contributed by atoms with Gasteiger partial charge in [0.1, 0.15) is 18.4 Å². The van der Waals surface area contributed by atoms with Crippen molar-refractivity contribution in [3.05, 3.63) is 29.8 Å². The Morgan fingerprint density at radius 1 is 1.10 bits per heavy atom. The molecule has 4 N–H and O–H groups in total. The molecule has 0 spiro atoms. The van der Waals surface area contributed by atoms with E-state index in [1.165, 1.54) is 19.3 Å². The quantitative estimate of drug-likeness (QED) is 0.382. The number of benzene rings is 1. The smallest absolute Gasteiger partial charge is 0.326 e. The van der Waals surface area contributed by atoms with Crippen LogP contribution in [0.1, 0.15) is 44.1 Å². The number of hydrogen-bond acceptors (Lipinski definition) is 6. The third kappa shape index (κ3) is 9.67. The fourth-order valence-electron chi connectivity index (χ4n) is 3.79. The molecule has 31 heavy (non-hydrogen) atoms. The molecule has 1 aromatic carbocycles. The number of ether oxygens (including phenoxy) is 3. The summed E-state index contributed by atoms with van der Waals surface area (Å²) in [6.07, 6.45) is 6.57. The van der Waals surface area contributed by atoms with E-state index in [-0.39, 0.29) is 6.42 Å². The van der Waals surface area contributed by atoms with E-state index >= 15 is 0 Å². The van der Waals surface area contributed by atoms with Crippen molar-refractivity contribution in [2.75, 3.05) is 33.5 Å². The van der Waals surface area contributed by atoms with Gasteiger partial charge in [0.05, 0.1) is 25.9 Å². The van der Waals surface area contributed by atoms with Crippen molar-refractivity contribution in [3.63, 3.8) is 0 Å². The van der Waals surface area contributed by atoms with Crippen LogP contribution in [0.15, 0.2) is 24.3 Å². The van der Waals surface area contributed by atoms with Gasteiger partial charge in [0, 0.05) is 13.5 Å².